The number of carbonyl (C=O) groups excluding carboxylic acids is 3. The quantitative estimate of drug-likeness (QED) is 0.205. The van der Waals surface area contributed by atoms with Gasteiger partial charge in [0.25, 0.3) is 0 Å². The number of amides is 5. The summed E-state index contributed by atoms with van der Waals surface area (Å²) in [5, 5.41) is 6.44. The number of nitrogens with one attached hydrogen (secondary N) is 2. The maximum absolute atomic E-state index is 13.3. The maximum atomic E-state index is 13.3. The smallest absolute Gasteiger partial charge is 0.434 e. The number of hydrazine groups is 1. The minimum absolute atomic E-state index is 0.0396. The highest BCUT2D eigenvalue weighted by molar-refractivity contribution is 7.13. The molecule has 218 valence electrons. The van der Waals surface area contributed by atoms with Gasteiger partial charge >= 0.3 is 24.3 Å². The molecule has 3 aromatic rings. The predicted molar refractivity (Wildman–Crippen MR) is 143 cm³/mol. The predicted octanol–water partition coefficient (Wildman–Crippen LogP) is 5.02. The normalized spacial score (nSPS) is 14.0. The minimum Gasteiger partial charge on any atom is -0.440 e. The van der Waals surface area contributed by atoms with Crippen molar-refractivity contribution in [2.24, 2.45) is 5.84 Å². The molecule has 0 aliphatic carbocycles. The van der Waals surface area contributed by atoms with Crippen LogP contribution in [0.1, 0.15) is 44.1 Å². The van der Waals surface area contributed by atoms with E-state index in [-0.39, 0.29) is 16.4 Å². The number of imide groups is 1. The molecule has 0 bridgehead atoms. The molecule has 0 saturated carbocycles. The number of halogens is 3. The first-order chi connectivity index (χ1) is 19.5. The first-order valence-electron chi connectivity index (χ1n) is 12.6. The van der Waals surface area contributed by atoms with E-state index in [1.165, 1.54) is 29.6 Å². The number of ether oxygens (including phenoxy) is 1. The van der Waals surface area contributed by atoms with E-state index in [1.807, 2.05) is 0 Å². The van der Waals surface area contributed by atoms with E-state index < -0.39 is 36.1 Å². The van der Waals surface area contributed by atoms with Crippen LogP contribution >= 0.6 is 11.3 Å². The van der Waals surface area contributed by atoms with Crippen molar-refractivity contribution in [3.8, 4) is 21.7 Å². The first kappa shape index (κ1) is 29.7. The van der Waals surface area contributed by atoms with E-state index in [1.54, 1.807) is 19.9 Å². The van der Waals surface area contributed by atoms with Crippen molar-refractivity contribution in [3.05, 3.63) is 47.4 Å². The monoisotopic (exact) mass is 592 g/mol. The number of nitrogens with zero attached hydrogens (tertiary/aromatic N) is 5. The van der Waals surface area contributed by atoms with Crippen molar-refractivity contribution in [3.63, 3.8) is 0 Å². The second-order valence-corrected chi connectivity index (χ2v) is 9.87. The number of urea groups is 2. The fourth-order valence-corrected chi connectivity index (χ4v) is 4.88. The van der Waals surface area contributed by atoms with Gasteiger partial charge in [0.2, 0.25) is 0 Å². The molecule has 0 radical (unpaired) electrons. The molecule has 12 nitrogen and oxygen atoms in total. The Hall–Kier alpha value is -4.31. The van der Waals surface area contributed by atoms with Gasteiger partial charge in [0.1, 0.15) is 16.9 Å². The van der Waals surface area contributed by atoms with Gasteiger partial charge in [-0.3, -0.25) is 10.3 Å². The van der Waals surface area contributed by atoms with E-state index in [4.69, 9.17) is 10.6 Å². The molecule has 16 heteroatoms. The van der Waals surface area contributed by atoms with Crippen LogP contribution in [0.25, 0.3) is 21.7 Å². The number of rotatable bonds is 6. The number of likely N-dealkylation sites (tertiary alicyclic amines) is 1. The SMILES string of the molecule is CCNC(=O)Nc1cc(-c2nc(C(F)(F)F)cs2)c(-c2cncc(C(C)OC(=O)N(N)C(=O)N3CCCC3)c2)cn1. The lowest BCUT2D eigenvalue weighted by Crippen LogP contribution is -2.49. The van der Waals surface area contributed by atoms with Crippen LogP contribution in [0.4, 0.5) is 33.4 Å². The van der Waals surface area contributed by atoms with Crippen LogP contribution in [0.2, 0.25) is 0 Å². The molecule has 4 rings (SSSR count). The third kappa shape index (κ3) is 7.07. The molecule has 4 heterocycles. The van der Waals surface area contributed by atoms with Gasteiger partial charge in [-0.2, -0.15) is 18.2 Å². The Balaban J connectivity index is 1.62. The highest BCUT2D eigenvalue weighted by atomic mass is 32.1. The van der Waals surface area contributed by atoms with Crippen LogP contribution in [-0.4, -0.2) is 62.7 Å². The number of thiazole rings is 1. The molecule has 1 aliphatic rings. The number of hydrogen-bond donors (Lipinski definition) is 3. The van der Waals surface area contributed by atoms with Crippen molar-refractivity contribution < 1.29 is 32.3 Å². The Bertz CT molecular complexity index is 1430. The average molecular weight is 593 g/mol. The molecule has 1 fully saturated rings. The average Bonchev–Trinajstić information content (AvgIpc) is 3.65. The van der Waals surface area contributed by atoms with Gasteiger partial charge in [-0.15, -0.1) is 11.3 Å². The van der Waals surface area contributed by atoms with Gasteiger partial charge in [-0.1, -0.05) is 0 Å². The molecule has 1 atom stereocenters. The van der Waals surface area contributed by atoms with Gasteiger partial charge < -0.3 is 15.0 Å². The second-order valence-electron chi connectivity index (χ2n) is 9.01. The number of pyridine rings is 2. The highest BCUT2D eigenvalue weighted by Crippen LogP contribution is 2.38. The van der Waals surface area contributed by atoms with Crippen LogP contribution in [-0.2, 0) is 10.9 Å². The van der Waals surface area contributed by atoms with Crippen LogP contribution in [0.15, 0.2) is 36.1 Å². The summed E-state index contributed by atoms with van der Waals surface area (Å²) in [6.07, 6.45) is -0.668. The lowest BCUT2D eigenvalue weighted by atomic mass is 10.0. The van der Waals surface area contributed by atoms with Gasteiger partial charge in [0.05, 0.1) is 0 Å². The lowest BCUT2D eigenvalue weighted by molar-refractivity contribution is -0.140. The highest BCUT2D eigenvalue weighted by Gasteiger charge is 2.34. The summed E-state index contributed by atoms with van der Waals surface area (Å²) in [6, 6.07) is 1.83. The van der Waals surface area contributed by atoms with Crippen LogP contribution in [0, 0.1) is 0 Å². The van der Waals surface area contributed by atoms with Crippen LogP contribution < -0.4 is 16.5 Å². The van der Waals surface area contributed by atoms with Crippen LogP contribution in [0.5, 0.6) is 0 Å². The number of aromatic nitrogens is 3. The van der Waals surface area contributed by atoms with E-state index in [9.17, 15) is 27.6 Å². The molecule has 0 spiro atoms. The van der Waals surface area contributed by atoms with Crippen molar-refractivity contribution in [2.45, 2.75) is 39.0 Å². The van der Waals surface area contributed by atoms with Crippen molar-refractivity contribution in [1.29, 1.82) is 0 Å². The van der Waals surface area contributed by atoms with E-state index >= 15 is 0 Å². The Morgan fingerprint density at radius 2 is 1.90 bits per heavy atom. The number of anilines is 1. The van der Waals surface area contributed by atoms with Crippen LogP contribution in [0.3, 0.4) is 0 Å². The first-order valence-corrected chi connectivity index (χ1v) is 13.4. The Morgan fingerprint density at radius 3 is 2.56 bits per heavy atom. The van der Waals surface area contributed by atoms with E-state index in [0.29, 0.717) is 41.3 Å². The van der Waals surface area contributed by atoms with Crippen molar-refractivity contribution >= 4 is 35.3 Å². The molecule has 1 unspecified atom stereocenters. The summed E-state index contributed by atoms with van der Waals surface area (Å²) in [5.74, 6) is 5.79. The molecule has 1 saturated heterocycles. The molecular weight excluding hydrogens is 565 g/mol. The summed E-state index contributed by atoms with van der Waals surface area (Å²) in [7, 11) is 0. The zero-order valence-corrected chi connectivity index (χ0v) is 22.9. The van der Waals surface area contributed by atoms with Gasteiger partial charge in [-0.05, 0) is 38.8 Å². The molecule has 4 N–H and O–H groups in total. The van der Waals surface area contributed by atoms with E-state index in [2.05, 4.69) is 25.6 Å². The Labute approximate surface area is 236 Å². The molecule has 5 amide bonds. The fourth-order valence-electron chi connectivity index (χ4n) is 4.02. The summed E-state index contributed by atoms with van der Waals surface area (Å²) in [6.45, 7) is 4.64. The summed E-state index contributed by atoms with van der Waals surface area (Å²) < 4.78 is 45.3. The summed E-state index contributed by atoms with van der Waals surface area (Å²) >= 11 is 0.779. The topological polar surface area (TPSA) is 156 Å². The Kier molecular flexibility index (Phi) is 9.02. The van der Waals surface area contributed by atoms with Gasteiger partial charge in [-0.25, -0.2) is 30.2 Å². The number of carbonyl (C=O) groups is 3. The summed E-state index contributed by atoms with van der Waals surface area (Å²) in [5.41, 5.74) is 0.426. The largest absolute Gasteiger partial charge is 0.440 e. The maximum Gasteiger partial charge on any atom is 0.434 e. The van der Waals surface area contributed by atoms with Crippen molar-refractivity contribution in [1.82, 2.24) is 30.2 Å². The molecule has 1 aliphatic heterocycles. The van der Waals surface area contributed by atoms with E-state index in [0.717, 1.165) is 29.6 Å². The van der Waals surface area contributed by atoms with Gasteiger partial charge in [0.15, 0.2) is 5.69 Å². The number of hydrogen-bond acceptors (Lipinski definition) is 9. The zero-order valence-electron chi connectivity index (χ0n) is 22.1. The minimum atomic E-state index is -4.64. The molecular formula is C25H27F3N8O4S. The number of alkyl halides is 3. The fraction of sp³-hybridized carbons (Fsp3) is 0.360. The summed E-state index contributed by atoms with van der Waals surface area (Å²) in [4.78, 5) is 50.6. The van der Waals surface area contributed by atoms with Gasteiger partial charge in [0, 0.05) is 65.9 Å². The number of nitrogens with two attached hydrogens (primary N) is 1. The molecule has 0 aromatic carbocycles. The third-order valence-corrected chi connectivity index (χ3v) is 6.98. The standard InChI is InChI=1S/C25H27F3N8O4S/c1-3-31-22(37)34-20-9-17(21-33-19(13-41-21)25(26,27)28)18(12-32-20)16-8-15(10-30-11-16)14(2)40-24(39)36(29)23(38)35-6-4-5-7-35/h8-14H,3-7,29H2,1-2H3,(H2,31,32,34,37). The Morgan fingerprint density at radius 1 is 1.17 bits per heavy atom. The molecule has 3 aromatic heterocycles. The third-order valence-electron chi connectivity index (χ3n) is 6.10. The lowest BCUT2D eigenvalue weighted by Gasteiger charge is -2.23. The molecule has 41 heavy (non-hydrogen) atoms. The second kappa shape index (κ2) is 12.5. The zero-order chi connectivity index (χ0) is 29.7. The van der Waals surface area contributed by atoms with Crippen molar-refractivity contribution in [2.75, 3.05) is 25.0 Å².